The van der Waals surface area contributed by atoms with E-state index < -0.39 is 0 Å². The lowest BCUT2D eigenvalue weighted by atomic mass is 9.99. The van der Waals surface area contributed by atoms with Crippen LogP contribution in [0.15, 0.2) is 24.3 Å². The SMILES string of the molecule is N[C@@H]1CC[C@@H](C(=O)N2CCC(c3ccc(Cl)cc3)C2)OC1. The maximum atomic E-state index is 12.5. The molecule has 0 aliphatic carbocycles. The molecule has 21 heavy (non-hydrogen) atoms. The molecule has 2 fully saturated rings. The van der Waals surface area contributed by atoms with Gasteiger partial charge < -0.3 is 15.4 Å². The van der Waals surface area contributed by atoms with Crippen LogP contribution in [0.5, 0.6) is 0 Å². The first-order valence-corrected chi connectivity index (χ1v) is 7.92. The maximum Gasteiger partial charge on any atom is 0.251 e. The summed E-state index contributed by atoms with van der Waals surface area (Å²) in [7, 11) is 0. The lowest BCUT2D eigenvalue weighted by Crippen LogP contribution is -2.45. The second-order valence-corrected chi connectivity index (χ2v) is 6.42. The van der Waals surface area contributed by atoms with E-state index in [2.05, 4.69) is 12.1 Å². The van der Waals surface area contributed by atoms with Gasteiger partial charge in [-0.1, -0.05) is 23.7 Å². The highest BCUT2D eigenvalue weighted by molar-refractivity contribution is 6.30. The number of carbonyl (C=O) groups is 1. The Balaban J connectivity index is 1.59. The van der Waals surface area contributed by atoms with Gasteiger partial charge in [-0.25, -0.2) is 0 Å². The van der Waals surface area contributed by atoms with Gasteiger partial charge in [-0.05, 0) is 37.0 Å². The molecular weight excluding hydrogens is 288 g/mol. The molecule has 0 aromatic heterocycles. The van der Waals surface area contributed by atoms with Crippen molar-refractivity contribution >= 4 is 17.5 Å². The zero-order valence-corrected chi connectivity index (χ0v) is 12.8. The van der Waals surface area contributed by atoms with Crippen LogP contribution in [0, 0.1) is 0 Å². The molecule has 1 amide bonds. The van der Waals surface area contributed by atoms with Crippen molar-refractivity contribution in [3.8, 4) is 0 Å². The molecular formula is C16H21ClN2O2. The standard InChI is InChI=1S/C16H21ClN2O2/c17-13-3-1-11(2-4-13)12-7-8-19(9-12)16(20)15-6-5-14(18)10-21-15/h1-4,12,14-15H,5-10,18H2/t12?,14-,15+/m1/s1. The Hall–Kier alpha value is -1.10. The van der Waals surface area contributed by atoms with Crippen LogP contribution < -0.4 is 5.73 Å². The molecule has 0 bridgehead atoms. The minimum absolute atomic E-state index is 0.0782. The van der Waals surface area contributed by atoms with E-state index in [-0.39, 0.29) is 18.1 Å². The van der Waals surface area contributed by atoms with Gasteiger partial charge in [0.15, 0.2) is 0 Å². The van der Waals surface area contributed by atoms with Crippen molar-refractivity contribution in [1.82, 2.24) is 4.90 Å². The van der Waals surface area contributed by atoms with Gasteiger partial charge in [0.1, 0.15) is 6.10 Å². The zero-order valence-electron chi connectivity index (χ0n) is 12.0. The van der Waals surface area contributed by atoms with Crippen LogP contribution in [-0.4, -0.2) is 42.6 Å². The van der Waals surface area contributed by atoms with Gasteiger partial charge >= 0.3 is 0 Å². The largest absolute Gasteiger partial charge is 0.367 e. The number of amides is 1. The second kappa shape index (κ2) is 6.34. The van der Waals surface area contributed by atoms with Gasteiger partial charge in [-0.15, -0.1) is 0 Å². The molecule has 2 heterocycles. The number of nitrogens with two attached hydrogens (primary N) is 1. The Bertz CT molecular complexity index is 498. The molecule has 4 nitrogen and oxygen atoms in total. The van der Waals surface area contributed by atoms with Crippen LogP contribution in [0.3, 0.4) is 0 Å². The molecule has 3 rings (SSSR count). The highest BCUT2D eigenvalue weighted by Gasteiger charge is 2.33. The van der Waals surface area contributed by atoms with E-state index in [0.717, 1.165) is 37.4 Å². The average molecular weight is 309 g/mol. The molecule has 5 heteroatoms. The average Bonchev–Trinajstić information content (AvgIpc) is 2.98. The van der Waals surface area contributed by atoms with Gasteiger partial charge in [0.25, 0.3) is 5.91 Å². The Morgan fingerprint density at radius 2 is 2.00 bits per heavy atom. The molecule has 2 N–H and O–H groups in total. The Kier molecular flexibility index (Phi) is 4.48. The normalized spacial score (nSPS) is 29.6. The highest BCUT2D eigenvalue weighted by Crippen LogP contribution is 2.29. The van der Waals surface area contributed by atoms with Crippen LogP contribution in [0.4, 0.5) is 0 Å². The van der Waals surface area contributed by atoms with Gasteiger partial charge in [-0.3, -0.25) is 4.79 Å². The predicted octanol–water partition coefficient (Wildman–Crippen LogP) is 2.16. The zero-order chi connectivity index (χ0) is 14.8. The third kappa shape index (κ3) is 3.39. The number of likely N-dealkylation sites (tertiary alicyclic amines) is 1. The van der Waals surface area contributed by atoms with Crippen LogP contribution in [0.1, 0.15) is 30.7 Å². The van der Waals surface area contributed by atoms with Crippen molar-refractivity contribution in [2.45, 2.75) is 37.3 Å². The molecule has 1 aromatic carbocycles. The predicted molar refractivity (Wildman–Crippen MR) is 82.3 cm³/mol. The number of rotatable bonds is 2. The van der Waals surface area contributed by atoms with Crippen LogP contribution >= 0.6 is 11.6 Å². The van der Waals surface area contributed by atoms with Gasteiger partial charge in [0, 0.05) is 30.1 Å². The summed E-state index contributed by atoms with van der Waals surface area (Å²) in [5.41, 5.74) is 7.05. The van der Waals surface area contributed by atoms with Crippen molar-refractivity contribution < 1.29 is 9.53 Å². The van der Waals surface area contributed by atoms with Crippen molar-refractivity contribution in [3.05, 3.63) is 34.9 Å². The molecule has 2 saturated heterocycles. The van der Waals surface area contributed by atoms with E-state index in [9.17, 15) is 4.79 Å². The van der Waals surface area contributed by atoms with E-state index >= 15 is 0 Å². The molecule has 0 radical (unpaired) electrons. The molecule has 2 aliphatic heterocycles. The van der Waals surface area contributed by atoms with Crippen molar-refractivity contribution in [3.63, 3.8) is 0 Å². The monoisotopic (exact) mass is 308 g/mol. The summed E-state index contributed by atoms with van der Waals surface area (Å²) in [6.07, 6.45) is 2.31. The first kappa shape index (κ1) is 14.8. The molecule has 0 spiro atoms. The number of ether oxygens (including phenoxy) is 1. The maximum absolute atomic E-state index is 12.5. The van der Waals surface area contributed by atoms with Crippen LogP contribution in [0.2, 0.25) is 5.02 Å². The number of hydrogen-bond acceptors (Lipinski definition) is 3. The number of carbonyl (C=O) groups excluding carboxylic acids is 1. The summed E-state index contributed by atoms with van der Waals surface area (Å²) in [6, 6.07) is 8.00. The fourth-order valence-corrected chi connectivity index (χ4v) is 3.26. The Morgan fingerprint density at radius 3 is 2.67 bits per heavy atom. The third-order valence-electron chi connectivity index (χ3n) is 4.43. The molecule has 1 unspecified atom stereocenters. The highest BCUT2D eigenvalue weighted by atomic mass is 35.5. The number of halogens is 1. The second-order valence-electron chi connectivity index (χ2n) is 5.98. The molecule has 2 aliphatic rings. The summed E-state index contributed by atoms with van der Waals surface area (Å²) in [5.74, 6) is 0.524. The summed E-state index contributed by atoms with van der Waals surface area (Å²) in [4.78, 5) is 14.4. The van der Waals surface area contributed by atoms with Gasteiger partial charge in [-0.2, -0.15) is 0 Å². The molecule has 114 valence electrons. The minimum atomic E-state index is -0.297. The summed E-state index contributed by atoms with van der Waals surface area (Å²) >= 11 is 5.92. The van der Waals surface area contributed by atoms with Gasteiger partial charge in [0.05, 0.1) is 6.61 Å². The quantitative estimate of drug-likeness (QED) is 0.911. The summed E-state index contributed by atoms with van der Waals surface area (Å²) in [5, 5.41) is 0.747. The summed E-state index contributed by atoms with van der Waals surface area (Å²) < 4.78 is 5.59. The van der Waals surface area contributed by atoms with Crippen molar-refractivity contribution in [2.24, 2.45) is 5.73 Å². The Labute approximate surface area is 130 Å². The van der Waals surface area contributed by atoms with Crippen molar-refractivity contribution in [1.29, 1.82) is 0 Å². The van der Waals surface area contributed by atoms with E-state index in [4.69, 9.17) is 22.1 Å². The first-order chi connectivity index (χ1) is 10.1. The number of nitrogens with zero attached hydrogens (tertiary/aromatic N) is 1. The Morgan fingerprint density at radius 1 is 1.24 bits per heavy atom. The van der Waals surface area contributed by atoms with E-state index in [0.29, 0.717) is 12.5 Å². The first-order valence-electron chi connectivity index (χ1n) is 7.55. The molecule has 0 saturated carbocycles. The fourth-order valence-electron chi connectivity index (χ4n) is 3.14. The smallest absolute Gasteiger partial charge is 0.251 e. The van der Waals surface area contributed by atoms with E-state index in [1.807, 2.05) is 17.0 Å². The molecule has 3 atom stereocenters. The van der Waals surface area contributed by atoms with Gasteiger partial charge in [0.2, 0.25) is 0 Å². The van der Waals surface area contributed by atoms with Crippen LogP contribution in [0.25, 0.3) is 0 Å². The lowest BCUT2D eigenvalue weighted by molar-refractivity contribution is -0.145. The van der Waals surface area contributed by atoms with E-state index in [1.165, 1.54) is 5.56 Å². The van der Waals surface area contributed by atoms with E-state index in [1.54, 1.807) is 0 Å². The third-order valence-corrected chi connectivity index (χ3v) is 4.68. The topological polar surface area (TPSA) is 55.6 Å². The number of benzene rings is 1. The lowest BCUT2D eigenvalue weighted by Gasteiger charge is -2.29. The van der Waals surface area contributed by atoms with Crippen molar-refractivity contribution in [2.75, 3.05) is 19.7 Å². The van der Waals surface area contributed by atoms with Crippen LogP contribution in [-0.2, 0) is 9.53 Å². The fraction of sp³-hybridized carbons (Fsp3) is 0.562. The number of hydrogen-bond donors (Lipinski definition) is 1. The molecule has 1 aromatic rings. The summed E-state index contributed by atoms with van der Waals surface area (Å²) in [6.45, 7) is 2.06. The minimum Gasteiger partial charge on any atom is -0.367 e.